The highest BCUT2D eigenvalue weighted by Gasteiger charge is 2.05. The molecule has 6 heteroatoms. The predicted molar refractivity (Wildman–Crippen MR) is 59.8 cm³/mol. The molecule has 0 aromatic carbocycles. The SMILES string of the molecule is Nc1cnc(Sc2ncccc2Cl)nc1. The van der Waals surface area contributed by atoms with Crippen molar-refractivity contribution in [3.63, 3.8) is 0 Å². The lowest BCUT2D eigenvalue weighted by Gasteiger charge is -2.00. The van der Waals surface area contributed by atoms with Gasteiger partial charge in [-0.15, -0.1) is 0 Å². The summed E-state index contributed by atoms with van der Waals surface area (Å²) in [6.07, 6.45) is 4.77. The first-order valence-corrected chi connectivity index (χ1v) is 5.31. The molecule has 2 heterocycles. The van der Waals surface area contributed by atoms with Crippen molar-refractivity contribution < 1.29 is 0 Å². The van der Waals surface area contributed by atoms with Gasteiger partial charge >= 0.3 is 0 Å². The van der Waals surface area contributed by atoms with E-state index in [0.717, 1.165) is 0 Å². The minimum Gasteiger partial charge on any atom is -0.396 e. The molecular formula is C9H7ClN4S. The Morgan fingerprint density at radius 1 is 1.20 bits per heavy atom. The lowest BCUT2D eigenvalue weighted by Crippen LogP contribution is -1.91. The van der Waals surface area contributed by atoms with E-state index in [-0.39, 0.29) is 0 Å². The normalized spacial score (nSPS) is 10.2. The molecule has 4 nitrogen and oxygen atoms in total. The Morgan fingerprint density at radius 3 is 2.60 bits per heavy atom. The minimum atomic E-state index is 0.534. The number of nitrogens with zero attached hydrogens (tertiary/aromatic N) is 3. The Morgan fingerprint density at radius 2 is 1.93 bits per heavy atom. The van der Waals surface area contributed by atoms with Crippen molar-refractivity contribution in [3.05, 3.63) is 35.7 Å². The van der Waals surface area contributed by atoms with Crippen molar-refractivity contribution in [2.24, 2.45) is 0 Å². The summed E-state index contributed by atoms with van der Waals surface area (Å²) < 4.78 is 0. The Kier molecular flexibility index (Phi) is 3.03. The number of halogens is 1. The van der Waals surface area contributed by atoms with E-state index >= 15 is 0 Å². The van der Waals surface area contributed by atoms with Gasteiger partial charge in [0, 0.05) is 6.20 Å². The molecule has 15 heavy (non-hydrogen) atoms. The number of hydrogen-bond acceptors (Lipinski definition) is 5. The zero-order valence-corrected chi connectivity index (χ0v) is 9.16. The third-order valence-corrected chi connectivity index (χ3v) is 2.89. The summed E-state index contributed by atoms with van der Waals surface area (Å²) in [7, 11) is 0. The van der Waals surface area contributed by atoms with Crippen LogP contribution in [-0.2, 0) is 0 Å². The molecule has 0 atom stereocenters. The van der Waals surface area contributed by atoms with E-state index in [2.05, 4.69) is 15.0 Å². The molecule has 2 aromatic heterocycles. The van der Waals surface area contributed by atoms with Crippen molar-refractivity contribution in [2.45, 2.75) is 10.2 Å². The molecule has 0 aliphatic rings. The molecule has 0 fully saturated rings. The van der Waals surface area contributed by atoms with E-state index in [1.807, 2.05) is 0 Å². The standard InChI is InChI=1S/C9H7ClN4S/c10-7-2-1-3-12-8(7)15-9-13-4-6(11)5-14-9/h1-5H,11H2. The maximum Gasteiger partial charge on any atom is 0.194 e. The maximum atomic E-state index is 5.94. The Hall–Kier alpha value is -1.33. The molecule has 0 saturated heterocycles. The fourth-order valence-corrected chi connectivity index (χ4v) is 1.81. The van der Waals surface area contributed by atoms with Gasteiger partial charge < -0.3 is 5.73 Å². The zero-order valence-electron chi connectivity index (χ0n) is 7.59. The van der Waals surface area contributed by atoms with E-state index in [1.165, 1.54) is 11.8 Å². The molecule has 0 amide bonds. The highest BCUT2D eigenvalue weighted by molar-refractivity contribution is 7.99. The Bertz CT molecular complexity index is 460. The molecule has 0 unspecified atom stereocenters. The van der Waals surface area contributed by atoms with Gasteiger partial charge in [-0.3, -0.25) is 0 Å². The van der Waals surface area contributed by atoms with Crippen LogP contribution in [0.5, 0.6) is 0 Å². The number of nitrogen functional groups attached to an aromatic ring is 1. The molecule has 0 saturated carbocycles. The zero-order chi connectivity index (χ0) is 10.7. The van der Waals surface area contributed by atoms with Gasteiger partial charge in [0.15, 0.2) is 5.16 Å². The third-order valence-electron chi connectivity index (χ3n) is 1.56. The summed E-state index contributed by atoms with van der Waals surface area (Å²) in [4.78, 5) is 12.2. The van der Waals surface area contributed by atoms with Crippen LogP contribution < -0.4 is 5.73 Å². The topological polar surface area (TPSA) is 64.7 Å². The van der Waals surface area contributed by atoms with Crippen LogP contribution in [0, 0.1) is 0 Å². The summed E-state index contributed by atoms with van der Waals surface area (Å²) in [5, 5.41) is 1.84. The molecule has 0 radical (unpaired) electrons. The largest absolute Gasteiger partial charge is 0.396 e. The van der Waals surface area contributed by atoms with Gasteiger partial charge in [-0.05, 0) is 23.9 Å². The highest BCUT2D eigenvalue weighted by Crippen LogP contribution is 2.28. The van der Waals surface area contributed by atoms with Crippen LogP contribution in [0.3, 0.4) is 0 Å². The van der Waals surface area contributed by atoms with Crippen LogP contribution in [0.15, 0.2) is 40.9 Å². The van der Waals surface area contributed by atoms with Crippen molar-refractivity contribution in [2.75, 3.05) is 5.73 Å². The average molecular weight is 239 g/mol. The van der Waals surface area contributed by atoms with Gasteiger partial charge in [-0.25, -0.2) is 15.0 Å². The monoisotopic (exact) mass is 238 g/mol. The van der Waals surface area contributed by atoms with Crippen LogP contribution in [0.2, 0.25) is 5.02 Å². The van der Waals surface area contributed by atoms with Gasteiger partial charge in [0.2, 0.25) is 0 Å². The maximum absolute atomic E-state index is 5.94. The van der Waals surface area contributed by atoms with Crippen LogP contribution in [0.4, 0.5) is 5.69 Å². The van der Waals surface area contributed by atoms with E-state index in [0.29, 0.717) is 20.9 Å². The second kappa shape index (κ2) is 4.46. The lowest BCUT2D eigenvalue weighted by atomic mass is 10.5. The first-order valence-electron chi connectivity index (χ1n) is 4.11. The lowest BCUT2D eigenvalue weighted by molar-refractivity contribution is 0.964. The number of hydrogen-bond donors (Lipinski definition) is 1. The molecule has 2 aromatic rings. The quantitative estimate of drug-likeness (QED) is 0.813. The molecule has 0 aliphatic heterocycles. The summed E-state index contributed by atoms with van der Waals surface area (Å²) in [5.74, 6) is 0. The second-order valence-corrected chi connectivity index (χ2v) is 4.05. The van der Waals surface area contributed by atoms with Crippen LogP contribution >= 0.6 is 23.4 Å². The van der Waals surface area contributed by atoms with Crippen LogP contribution in [-0.4, -0.2) is 15.0 Å². The molecule has 0 aliphatic carbocycles. The fourth-order valence-electron chi connectivity index (χ4n) is 0.912. The predicted octanol–water partition coefficient (Wildman–Crippen LogP) is 2.26. The number of aromatic nitrogens is 3. The van der Waals surface area contributed by atoms with Gasteiger partial charge in [0.25, 0.3) is 0 Å². The van der Waals surface area contributed by atoms with E-state index < -0.39 is 0 Å². The summed E-state index contributed by atoms with van der Waals surface area (Å²) >= 11 is 7.24. The van der Waals surface area contributed by atoms with Crippen molar-refractivity contribution in [1.82, 2.24) is 15.0 Å². The fraction of sp³-hybridized carbons (Fsp3) is 0. The summed E-state index contributed by atoms with van der Waals surface area (Å²) in [6, 6.07) is 3.55. The Labute approximate surface area is 95.9 Å². The van der Waals surface area contributed by atoms with E-state index in [4.69, 9.17) is 17.3 Å². The Balaban J connectivity index is 2.22. The van der Waals surface area contributed by atoms with Gasteiger partial charge in [0.1, 0.15) is 5.03 Å². The van der Waals surface area contributed by atoms with Gasteiger partial charge in [-0.1, -0.05) is 11.6 Å². The van der Waals surface area contributed by atoms with Crippen molar-refractivity contribution >= 4 is 29.1 Å². The van der Waals surface area contributed by atoms with Gasteiger partial charge in [0.05, 0.1) is 23.1 Å². The van der Waals surface area contributed by atoms with Crippen molar-refractivity contribution in [3.8, 4) is 0 Å². The number of anilines is 1. The van der Waals surface area contributed by atoms with Crippen LogP contribution in [0.1, 0.15) is 0 Å². The molecule has 76 valence electrons. The molecular weight excluding hydrogens is 232 g/mol. The highest BCUT2D eigenvalue weighted by atomic mass is 35.5. The first kappa shape index (κ1) is 10.2. The van der Waals surface area contributed by atoms with Crippen LogP contribution in [0.25, 0.3) is 0 Å². The summed E-state index contributed by atoms with van der Waals surface area (Å²) in [5.41, 5.74) is 6.01. The third kappa shape index (κ3) is 2.57. The van der Waals surface area contributed by atoms with Gasteiger partial charge in [-0.2, -0.15) is 0 Å². The number of nitrogens with two attached hydrogens (primary N) is 1. The number of pyridine rings is 1. The molecule has 0 spiro atoms. The smallest absolute Gasteiger partial charge is 0.194 e. The number of rotatable bonds is 2. The van der Waals surface area contributed by atoms with Crippen molar-refractivity contribution in [1.29, 1.82) is 0 Å². The molecule has 2 N–H and O–H groups in total. The average Bonchev–Trinajstić information content (AvgIpc) is 2.25. The minimum absolute atomic E-state index is 0.534. The first-order chi connectivity index (χ1) is 7.25. The van der Waals surface area contributed by atoms with E-state index in [1.54, 1.807) is 30.7 Å². The second-order valence-electron chi connectivity index (χ2n) is 2.69. The molecule has 2 rings (SSSR count). The summed E-state index contributed by atoms with van der Waals surface area (Å²) in [6.45, 7) is 0. The molecule has 0 bridgehead atoms. The van der Waals surface area contributed by atoms with E-state index in [9.17, 15) is 0 Å².